The van der Waals surface area contributed by atoms with Gasteiger partial charge < -0.3 is 41.9 Å². The molecule has 6 atom stereocenters. The molecule has 0 rings (SSSR count). The predicted octanol–water partition coefficient (Wildman–Crippen LogP) is -3.21. The van der Waals surface area contributed by atoms with E-state index in [0.717, 1.165) is 0 Å². The number of hydrogen-bond donors (Lipinski definition) is 9. The Bertz CT molecular complexity index is 491. The molecule has 0 aromatic rings. The standard InChI is InChI=1S/C16H32N4O7/c1-3-8(2)11(23)9(5-4-6-19-16(17)18)20-15(27)14(26)13(25)12(24)10(22)7-21/h8-10,12-14,21-22,24-26H,3-7H2,1-2H3,(H,20,27)(H4,17,18,19)/t8?,9?,10-,12-,13-,14-/m0/s1. The maximum atomic E-state index is 12.5. The van der Waals surface area contributed by atoms with E-state index in [1.54, 1.807) is 6.92 Å². The Morgan fingerprint density at radius 2 is 1.74 bits per heavy atom. The van der Waals surface area contributed by atoms with Gasteiger partial charge in [-0.2, -0.15) is 0 Å². The van der Waals surface area contributed by atoms with Crippen molar-refractivity contribution in [1.29, 1.82) is 5.41 Å². The Morgan fingerprint density at radius 3 is 2.22 bits per heavy atom. The highest BCUT2D eigenvalue weighted by Gasteiger charge is 2.36. The normalized spacial score (nSPS) is 17.9. The number of Topliss-reactive ketones (excluding diaryl/α,β-unsaturated/α-hetero) is 1. The summed E-state index contributed by atoms with van der Waals surface area (Å²) in [5, 5.41) is 59.3. The molecule has 0 aliphatic heterocycles. The zero-order valence-corrected chi connectivity index (χ0v) is 15.6. The van der Waals surface area contributed by atoms with Gasteiger partial charge in [0.2, 0.25) is 0 Å². The summed E-state index contributed by atoms with van der Waals surface area (Å²) < 4.78 is 0. The van der Waals surface area contributed by atoms with E-state index in [0.29, 0.717) is 19.4 Å². The average molecular weight is 392 g/mol. The van der Waals surface area contributed by atoms with E-state index in [9.17, 15) is 30.0 Å². The van der Waals surface area contributed by atoms with Gasteiger partial charge in [-0.15, -0.1) is 0 Å². The summed E-state index contributed by atoms with van der Waals surface area (Å²) in [6, 6.07) is -0.942. The lowest BCUT2D eigenvalue weighted by molar-refractivity contribution is -0.150. The van der Waals surface area contributed by atoms with Crippen molar-refractivity contribution in [1.82, 2.24) is 10.6 Å². The molecule has 0 aliphatic carbocycles. The first-order valence-corrected chi connectivity index (χ1v) is 8.81. The van der Waals surface area contributed by atoms with Gasteiger partial charge in [-0.3, -0.25) is 15.0 Å². The van der Waals surface area contributed by atoms with E-state index in [-0.39, 0.29) is 24.1 Å². The molecule has 0 aromatic carbocycles. The van der Waals surface area contributed by atoms with Crippen LogP contribution in [0.15, 0.2) is 0 Å². The molecule has 0 spiro atoms. The van der Waals surface area contributed by atoms with Crippen LogP contribution >= 0.6 is 0 Å². The number of ketones is 1. The molecular weight excluding hydrogens is 360 g/mol. The van der Waals surface area contributed by atoms with E-state index in [4.69, 9.17) is 16.2 Å². The van der Waals surface area contributed by atoms with Gasteiger partial charge in [-0.1, -0.05) is 13.8 Å². The molecule has 11 nitrogen and oxygen atoms in total. The van der Waals surface area contributed by atoms with Crippen molar-refractivity contribution in [3.05, 3.63) is 0 Å². The molecule has 158 valence electrons. The second-order valence-electron chi connectivity index (χ2n) is 6.43. The van der Waals surface area contributed by atoms with Gasteiger partial charge in [0.25, 0.3) is 5.91 Å². The molecule has 0 aliphatic rings. The Labute approximate surface area is 158 Å². The van der Waals surface area contributed by atoms with Crippen LogP contribution in [0.5, 0.6) is 0 Å². The van der Waals surface area contributed by atoms with Gasteiger partial charge in [-0.05, 0) is 19.3 Å². The molecule has 0 saturated carbocycles. The fourth-order valence-corrected chi connectivity index (χ4v) is 2.29. The van der Waals surface area contributed by atoms with Crippen LogP contribution in [0.2, 0.25) is 0 Å². The van der Waals surface area contributed by atoms with E-state index < -0.39 is 43.0 Å². The van der Waals surface area contributed by atoms with Gasteiger partial charge >= 0.3 is 0 Å². The number of rotatable bonds is 13. The van der Waals surface area contributed by atoms with Crippen LogP contribution in [0.25, 0.3) is 0 Å². The second kappa shape index (κ2) is 12.6. The molecule has 0 aromatic heterocycles. The van der Waals surface area contributed by atoms with Crippen molar-refractivity contribution in [3.8, 4) is 0 Å². The molecule has 0 heterocycles. The van der Waals surface area contributed by atoms with E-state index in [1.165, 1.54) is 0 Å². The number of aliphatic hydroxyl groups excluding tert-OH is 5. The Balaban J connectivity index is 4.98. The van der Waals surface area contributed by atoms with Crippen molar-refractivity contribution < 1.29 is 35.1 Å². The van der Waals surface area contributed by atoms with Gasteiger partial charge in [0, 0.05) is 12.5 Å². The smallest absolute Gasteiger partial charge is 0.252 e. The molecule has 2 unspecified atom stereocenters. The van der Waals surface area contributed by atoms with Crippen LogP contribution < -0.4 is 16.4 Å². The van der Waals surface area contributed by atoms with E-state index >= 15 is 0 Å². The fourth-order valence-electron chi connectivity index (χ4n) is 2.29. The summed E-state index contributed by atoms with van der Waals surface area (Å²) in [7, 11) is 0. The topological polar surface area (TPSA) is 209 Å². The summed E-state index contributed by atoms with van der Waals surface area (Å²) in [4.78, 5) is 24.6. The third kappa shape index (κ3) is 8.63. The van der Waals surface area contributed by atoms with E-state index in [1.807, 2.05) is 6.92 Å². The molecule has 0 fully saturated rings. The number of nitrogens with two attached hydrogens (primary N) is 1. The van der Waals surface area contributed by atoms with Crippen LogP contribution in [0.4, 0.5) is 0 Å². The summed E-state index contributed by atoms with van der Waals surface area (Å²) in [5.74, 6) is -1.92. The molecule has 0 saturated heterocycles. The summed E-state index contributed by atoms with van der Waals surface area (Å²) in [6.07, 6.45) is -6.69. The van der Waals surface area contributed by atoms with Crippen LogP contribution in [0.3, 0.4) is 0 Å². The van der Waals surface area contributed by atoms with Crippen molar-refractivity contribution in [2.45, 2.75) is 63.6 Å². The van der Waals surface area contributed by atoms with Gasteiger partial charge in [0.05, 0.1) is 12.6 Å². The van der Waals surface area contributed by atoms with Crippen molar-refractivity contribution in [3.63, 3.8) is 0 Å². The lowest BCUT2D eigenvalue weighted by Crippen LogP contribution is -2.54. The lowest BCUT2D eigenvalue weighted by atomic mass is 9.94. The largest absolute Gasteiger partial charge is 0.394 e. The highest BCUT2D eigenvalue weighted by atomic mass is 16.4. The van der Waals surface area contributed by atoms with Crippen molar-refractivity contribution in [2.24, 2.45) is 11.7 Å². The number of hydrogen-bond acceptors (Lipinski definition) is 8. The molecule has 10 N–H and O–H groups in total. The van der Waals surface area contributed by atoms with Crippen molar-refractivity contribution >= 4 is 17.6 Å². The SMILES string of the molecule is CCC(C)C(=O)C(CCCNC(=N)N)NC(=O)[C@@H](O)[C@@H](O)[C@@H](O)[C@@H](O)CO. The summed E-state index contributed by atoms with van der Waals surface area (Å²) >= 11 is 0. The Kier molecular flexibility index (Phi) is 11.7. The number of aliphatic hydroxyl groups is 5. The molecule has 11 heteroatoms. The Hall–Kier alpha value is -1.79. The van der Waals surface area contributed by atoms with Gasteiger partial charge in [-0.25, -0.2) is 0 Å². The zero-order valence-electron chi connectivity index (χ0n) is 15.6. The number of nitrogens with one attached hydrogen (secondary N) is 3. The highest BCUT2D eigenvalue weighted by Crippen LogP contribution is 2.11. The predicted molar refractivity (Wildman–Crippen MR) is 96.7 cm³/mol. The van der Waals surface area contributed by atoms with Crippen LogP contribution in [0, 0.1) is 11.3 Å². The third-order valence-corrected chi connectivity index (χ3v) is 4.27. The minimum Gasteiger partial charge on any atom is -0.394 e. The number of carbonyl (C=O) groups is 2. The quantitative estimate of drug-likeness (QED) is 0.0875. The third-order valence-electron chi connectivity index (χ3n) is 4.27. The highest BCUT2D eigenvalue weighted by molar-refractivity contribution is 5.91. The second-order valence-corrected chi connectivity index (χ2v) is 6.43. The maximum absolute atomic E-state index is 12.5. The summed E-state index contributed by atoms with van der Waals surface area (Å²) in [5.41, 5.74) is 5.17. The van der Waals surface area contributed by atoms with Crippen LogP contribution in [-0.4, -0.2) is 86.8 Å². The Morgan fingerprint density at radius 1 is 1.15 bits per heavy atom. The first-order valence-electron chi connectivity index (χ1n) is 8.81. The number of carbonyl (C=O) groups excluding carboxylic acids is 2. The molecule has 1 amide bonds. The molecule has 0 radical (unpaired) electrons. The minimum absolute atomic E-state index is 0.208. The lowest BCUT2D eigenvalue weighted by Gasteiger charge is -2.27. The van der Waals surface area contributed by atoms with Gasteiger partial charge in [0.1, 0.15) is 18.3 Å². The van der Waals surface area contributed by atoms with Crippen LogP contribution in [0.1, 0.15) is 33.1 Å². The van der Waals surface area contributed by atoms with Crippen LogP contribution in [-0.2, 0) is 9.59 Å². The number of guanidine groups is 1. The van der Waals surface area contributed by atoms with Crippen molar-refractivity contribution in [2.75, 3.05) is 13.2 Å². The average Bonchev–Trinajstić information content (AvgIpc) is 2.65. The zero-order chi connectivity index (χ0) is 21.1. The summed E-state index contributed by atoms with van der Waals surface area (Å²) in [6.45, 7) is 2.94. The minimum atomic E-state index is -2.11. The number of amides is 1. The first kappa shape index (κ1) is 25.2. The fraction of sp³-hybridized carbons (Fsp3) is 0.812. The monoisotopic (exact) mass is 392 g/mol. The first-order chi connectivity index (χ1) is 12.6. The maximum Gasteiger partial charge on any atom is 0.252 e. The van der Waals surface area contributed by atoms with Gasteiger partial charge in [0.15, 0.2) is 17.8 Å². The van der Waals surface area contributed by atoms with E-state index in [2.05, 4.69) is 10.6 Å². The molecular formula is C16H32N4O7. The molecule has 27 heavy (non-hydrogen) atoms. The molecule has 0 bridgehead atoms.